The summed E-state index contributed by atoms with van der Waals surface area (Å²) >= 11 is 1.49. The fourth-order valence-corrected chi connectivity index (χ4v) is 2.45. The molecule has 2 atom stereocenters. The summed E-state index contributed by atoms with van der Waals surface area (Å²) in [5.41, 5.74) is 5.24. The van der Waals surface area contributed by atoms with E-state index in [0.29, 0.717) is 5.16 Å². The van der Waals surface area contributed by atoms with Crippen LogP contribution in [0.25, 0.3) is 0 Å². The second-order valence-electron chi connectivity index (χ2n) is 4.42. The normalized spacial score (nSPS) is 14.1. The SMILES string of the molecule is Cc1nc(SC(C)C(C)C(=O)NN)nc(C)c1C. The highest BCUT2D eigenvalue weighted by molar-refractivity contribution is 7.99. The maximum Gasteiger partial charge on any atom is 0.237 e. The average molecular weight is 268 g/mol. The monoisotopic (exact) mass is 268 g/mol. The van der Waals surface area contributed by atoms with Crippen molar-refractivity contribution in [2.45, 2.75) is 45.0 Å². The van der Waals surface area contributed by atoms with Crippen LogP contribution in [0.1, 0.15) is 30.8 Å². The number of hydrogen-bond acceptors (Lipinski definition) is 5. The third-order valence-electron chi connectivity index (χ3n) is 3.16. The molecule has 0 saturated carbocycles. The van der Waals surface area contributed by atoms with Crippen molar-refractivity contribution in [3.63, 3.8) is 0 Å². The van der Waals surface area contributed by atoms with E-state index >= 15 is 0 Å². The highest BCUT2D eigenvalue weighted by Crippen LogP contribution is 2.26. The lowest BCUT2D eigenvalue weighted by atomic mass is 10.1. The summed E-state index contributed by atoms with van der Waals surface area (Å²) in [6.45, 7) is 9.75. The van der Waals surface area contributed by atoms with E-state index in [9.17, 15) is 4.79 Å². The summed E-state index contributed by atoms with van der Waals surface area (Å²) < 4.78 is 0. The van der Waals surface area contributed by atoms with Gasteiger partial charge >= 0.3 is 0 Å². The molecule has 1 aromatic heterocycles. The third-order valence-corrected chi connectivity index (χ3v) is 4.34. The van der Waals surface area contributed by atoms with Crippen LogP contribution in [-0.4, -0.2) is 21.1 Å². The largest absolute Gasteiger partial charge is 0.294 e. The zero-order valence-corrected chi connectivity index (χ0v) is 12.3. The van der Waals surface area contributed by atoms with Crippen LogP contribution >= 0.6 is 11.8 Å². The lowest BCUT2D eigenvalue weighted by Crippen LogP contribution is -2.38. The van der Waals surface area contributed by atoms with Gasteiger partial charge in [-0.2, -0.15) is 0 Å². The Hall–Kier alpha value is -1.14. The van der Waals surface area contributed by atoms with Gasteiger partial charge in [-0.25, -0.2) is 15.8 Å². The van der Waals surface area contributed by atoms with E-state index in [1.54, 1.807) is 0 Å². The Morgan fingerprint density at radius 1 is 1.22 bits per heavy atom. The van der Waals surface area contributed by atoms with E-state index < -0.39 is 0 Å². The molecule has 0 saturated heterocycles. The zero-order chi connectivity index (χ0) is 13.9. The Kier molecular flexibility index (Phi) is 5.10. The van der Waals surface area contributed by atoms with Gasteiger partial charge in [0.2, 0.25) is 5.91 Å². The predicted molar refractivity (Wildman–Crippen MR) is 73.1 cm³/mol. The summed E-state index contributed by atoms with van der Waals surface area (Å²) in [4.78, 5) is 20.3. The molecule has 0 bridgehead atoms. The van der Waals surface area contributed by atoms with Crippen molar-refractivity contribution in [3.05, 3.63) is 17.0 Å². The fraction of sp³-hybridized carbons (Fsp3) is 0.583. The van der Waals surface area contributed by atoms with Crippen LogP contribution < -0.4 is 11.3 Å². The minimum Gasteiger partial charge on any atom is -0.294 e. The molecule has 1 heterocycles. The number of nitrogens with zero attached hydrogens (tertiary/aromatic N) is 2. The van der Waals surface area contributed by atoms with Crippen molar-refractivity contribution in [1.29, 1.82) is 0 Å². The second-order valence-corrected chi connectivity index (χ2v) is 5.77. The fourth-order valence-electron chi connectivity index (χ4n) is 1.41. The molecule has 2 unspecified atom stereocenters. The van der Waals surface area contributed by atoms with Crippen molar-refractivity contribution >= 4 is 17.7 Å². The van der Waals surface area contributed by atoms with Crippen molar-refractivity contribution in [2.24, 2.45) is 11.8 Å². The molecule has 1 amide bonds. The minimum atomic E-state index is -0.189. The Bertz CT molecular complexity index is 427. The third kappa shape index (κ3) is 3.43. The average Bonchev–Trinajstić information content (AvgIpc) is 2.33. The number of hydrogen-bond donors (Lipinski definition) is 2. The number of carbonyl (C=O) groups excluding carboxylic acids is 1. The molecular formula is C12H20N4OS. The van der Waals surface area contributed by atoms with Gasteiger partial charge < -0.3 is 0 Å². The van der Waals surface area contributed by atoms with Gasteiger partial charge in [0.1, 0.15) is 0 Å². The van der Waals surface area contributed by atoms with Crippen LogP contribution in [0.3, 0.4) is 0 Å². The molecule has 0 aliphatic rings. The highest BCUT2D eigenvalue weighted by Gasteiger charge is 2.21. The van der Waals surface area contributed by atoms with Crippen molar-refractivity contribution < 1.29 is 4.79 Å². The van der Waals surface area contributed by atoms with Crippen LogP contribution in [0.2, 0.25) is 0 Å². The van der Waals surface area contributed by atoms with Crippen LogP contribution in [0.4, 0.5) is 0 Å². The lowest BCUT2D eigenvalue weighted by Gasteiger charge is -2.17. The van der Waals surface area contributed by atoms with Gasteiger partial charge in [0.15, 0.2) is 5.16 Å². The molecule has 0 fully saturated rings. The number of carbonyl (C=O) groups is 1. The first-order valence-electron chi connectivity index (χ1n) is 5.85. The summed E-state index contributed by atoms with van der Waals surface area (Å²) in [7, 11) is 0. The molecule has 1 rings (SSSR count). The first-order valence-corrected chi connectivity index (χ1v) is 6.73. The number of nitrogens with one attached hydrogen (secondary N) is 1. The zero-order valence-electron chi connectivity index (χ0n) is 11.4. The maximum atomic E-state index is 11.4. The molecule has 0 spiro atoms. The summed E-state index contributed by atoms with van der Waals surface area (Å²) in [6.07, 6.45) is 0. The molecular weight excluding hydrogens is 248 g/mol. The number of rotatable bonds is 4. The molecule has 0 aliphatic carbocycles. The smallest absolute Gasteiger partial charge is 0.237 e. The molecule has 0 aromatic carbocycles. The van der Waals surface area contributed by atoms with Gasteiger partial charge in [0, 0.05) is 22.6 Å². The van der Waals surface area contributed by atoms with Crippen molar-refractivity contribution in [3.8, 4) is 0 Å². The maximum absolute atomic E-state index is 11.4. The van der Waals surface area contributed by atoms with E-state index in [1.165, 1.54) is 11.8 Å². The Morgan fingerprint density at radius 3 is 2.17 bits per heavy atom. The second kappa shape index (κ2) is 6.15. The van der Waals surface area contributed by atoms with E-state index in [1.807, 2.05) is 34.6 Å². The van der Waals surface area contributed by atoms with E-state index in [-0.39, 0.29) is 17.1 Å². The quantitative estimate of drug-likeness (QED) is 0.284. The molecule has 18 heavy (non-hydrogen) atoms. The number of aryl methyl sites for hydroxylation is 2. The summed E-state index contributed by atoms with van der Waals surface area (Å²) in [5.74, 6) is 4.77. The molecule has 6 heteroatoms. The number of aromatic nitrogens is 2. The Morgan fingerprint density at radius 2 is 1.72 bits per heavy atom. The molecule has 100 valence electrons. The standard InChI is InChI=1S/C12H20N4OS/c1-6-8(3)14-12(15-9(6)4)18-10(5)7(2)11(17)16-13/h7,10H,13H2,1-5H3,(H,16,17). The minimum absolute atomic E-state index is 0.0649. The molecule has 1 aromatic rings. The van der Waals surface area contributed by atoms with E-state index in [2.05, 4.69) is 15.4 Å². The van der Waals surface area contributed by atoms with Crippen LogP contribution in [0.15, 0.2) is 5.16 Å². The highest BCUT2D eigenvalue weighted by atomic mass is 32.2. The van der Waals surface area contributed by atoms with Gasteiger partial charge in [0.05, 0.1) is 0 Å². The topological polar surface area (TPSA) is 80.9 Å². The Balaban J connectivity index is 2.82. The number of thioether (sulfide) groups is 1. The summed E-state index contributed by atoms with van der Waals surface area (Å²) in [5, 5.41) is 0.773. The predicted octanol–water partition coefficient (Wildman–Crippen LogP) is 1.51. The van der Waals surface area contributed by atoms with Crippen molar-refractivity contribution in [2.75, 3.05) is 0 Å². The lowest BCUT2D eigenvalue weighted by molar-refractivity contribution is -0.124. The summed E-state index contributed by atoms with van der Waals surface area (Å²) in [6, 6.07) is 0. The molecule has 5 nitrogen and oxygen atoms in total. The first-order chi connectivity index (χ1) is 8.36. The van der Waals surface area contributed by atoms with Crippen LogP contribution in [0.5, 0.6) is 0 Å². The first kappa shape index (κ1) is 14.9. The van der Waals surface area contributed by atoms with Gasteiger partial charge in [-0.15, -0.1) is 0 Å². The van der Waals surface area contributed by atoms with E-state index in [4.69, 9.17) is 5.84 Å². The molecule has 0 radical (unpaired) electrons. The van der Waals surface area contributed by atoms with Crippen LogP contribution in [-0.2, 0) is 4.79 Å². The van der Waals surface area contributed by atoms with Gasteiger partial charge in [0.25, 0.3) is 0 Å². The molecule has 3 N–H and O–H groups in total. The number of nitrogens with two attached hydrogens (primary N) is 1. The van der Waals surface area contributed by atoms with E-state index in [0.717, 1.165) is 17.0 Å². The Labute approximate surface area is 112 Å². The van der Waals surface area contributed by atoms with Crippen molar-refractivity contribution in [1.82, 2.24) is 15.4 Å². The molecule has 0 aliphatic heterocycles. The van der Waals surface area contributed by atoms with Gasteiger partial charge in [-0.1, -0.05) is 25.6 Å². The van der Waals surface area contributed by atoms with Crippen LogP contribution in [0, 0.1) is 26.7 Å². The van der Waals surface area contributed by atoms with Gasteiger partial charge in [-0.3, -0.25) is 10.2 Å². The number of hydrazine groups is 1. The van der Waals surface area contributed by atoms with Gasteiger partial charge in [-0.05, 0) is 26.3 Å². The number of amides is 1.